The SMILES string of the molecule is Nc1ncnc(Nc2cc(Cl)ccc2F)c1Br. The Kier molecular flexibility index (Phi) is 3.44. The smallest absolute Gasteiger partial charge is 0.150 e. The van der Waals surface area contributed by atoms with Gasteiger partial charge in [0.05, 0.1) is 5.69 Å². The predicted molar refractivity (Wildman–Crippen MR) is 68.8 cm³/mol. The molecule has 7 heteroatoms. The van der Waals surface area contributed by atoms with E-state index in [-0.39, 0.29) is 11.5 Å². The van der Waals surface area contributed by atoms with E-state index in [9.17, 15) is 4.39 Å². The lowest BCUT2D eigenvalue weighted by Gasteiger charge is -2.09. The van der Waals surface area contributed by atoms with Crippen LogP contribution in [0.4, 0.5) is 21.7 Å². The molecule has 17 heavy (non-hydrogen) atoms. The van der Waals surface area contributed by atoms with E-state index in [2.05, 4.69) is 31.2 Å². The molecule has 0 atom stereocenters. The van der Waals surface area contributed by atoms with Crippen LogP contribution in [0, 0.1) is 5.82 Å². The third-order valence-electron chi connectivity index (χ3n) is 2.00. The molecule has 1 aromatic carbocycles. The Labute approximate surface area is 110 Å². The van der Waals surface area contributed by atoms with E-state index in [0.29, 0.717) is 15.3 Å². The highest BCUT2D eigenvalue weighted by molar-refractivity contribution is 9.10. The summed E-state index contributed by atoms with van der Waals surface area (Å²) in [5, 5.41) is 3.21. The van der Waals surface area contributed by atoms with E-state index in [1.54, 1.807) is 0 Å². The van der Waals surface area contributed by atoms with Gasteiger partial charge in [-0.3, -0.25) is 0 Å². The number of hydrogen-bond acceptors (Lipinski definition) is 4. The lowest BCUT2D eigenvalue weighted by atomic mass is 10.3. The highest BCUT2D eigenvalue weighted by Crippen LogP contribution is 2.29. The van der Waals surface area contributed by atoms with E-state index < -0.39 is 5.82 Å². The third kappa shape index (κ3) is 2.65. The molecular formula is C10H7BrClFN4. The minimum Gasteiger partial charge on any atom is -0.383 e. The molecular weight excluding hydrogens is 310 g/mol. The fourth-order valence-corrected chi connectivity index (χ4v) is 1.67. The van der Waals surface area contributed by atoms with E-state index in [1.165, 1.54) is 24.5 Å². The van der Waals surface area contributed by atoms with Gasteiger partial charge in [0.2, 0.25) is 0 Å². The second-order valence-electron chi connectivity index (χ2n) is 3.17. The molecule has 0 aliphatic carbocycles. The first-order valence-corrected chi connectivity index (χ1v) is 5.73. The minimum atomic E-state index is -0.432. The number of nitrogens with one attached hydrogen (secondary N) is 1. The van der Waals surface area contributed by atoms with E-state index >= 15 is 0 Å². The Hall–Kier alpha value is -1.40. The monoisotopic (exact) mass is 316 g/mol. The van der Waals surface area contributed by atoms with Crippen molar-refractivity contribution in [3.63, 3.8) is 0 Å². The van der Waals surface area contributed by atoms with Crippen molar-refractivity contribution in [2.45, 2.75) is 0 Å². The Morgan fingerprint density at radius 2 is 2.12 bits per heavy atom. The normalized spacial score (nSPS) is 10.3. The molecule has 0 saturated carbocycles. The summed E-state index contributed by atoms with van der Waals surface area (Å²) in [6.45, 7) is 0. The van der Waals surface area contributed by atoms with Gasteiger partial charge in [-0.1, -0.05) is 11.6 Å². The summed E-state index contributed by atoms with van der Waals surface area (Å²) < 4.78 is 13.9. The summed E-state index contributed by atoms with van der Waals surface area (Å²) >= 11 is 8.99. The maximum Gasteiger partial charge on any atom is 0.150 e. The van der Waals surface area contributed by atoms with E-state index in [1.807, 2.05) is 0 Å². The first-order valence-electron chi connectivity index (χ1n) is 4.56. The Bertz CT molecular complexity index is 564. The molecule has 0 bridgehead atoms. The largest absolute Gasteiger partial charge is 0.383 e. The molecule has 0 aliphatic rings. The molecule has 0 amide bonds. The molecule has 0 fully saturated rings. The summed E-state index contributed by atoms with van der Waals surface area (Å²) in [7, 11) is 0. The van der Waals surface area contributed by atoms with Crippen molar-refractivity contribution in [1.82, 2.24) is 9.97 Å². The summed E-state index contributed by atoms with van der Waals surface area (Å²) in [4.78, 5) is 7.73. The quantitative estimate of drug-likeness (QED) is 0.891. The van der Waals surface area contributed by atoms with Crippen LogP contribution < -0.4 is 11.1 Å². The molecule has 2 aromatic rings. The second-order valence-corrected chi connectivity index (χ2v) is 4.40. The van der Waals surface area contributed by atoms with Crippen LogP contribution in [0.15, 0.2) is 29.0 Å². The Morgan fingerprint density at radius 1 is 1.35 bits per heavy atom. The van der Waals surface area contributed by atoms with Gasteiger partial charge in [0, 0.05) is 5.02 Å². The fraction of sp³-hybridized carbons (Fsp3) is 0. The van der Waals surface area contributed by atoms with Crippen molar-refractivity contribution >= 4 is 44.9 Å². The van der Waals surface area contributed by atoms with Gasteiger partial charge in [-0.25, -0.2) is 14.4 Å². The molecule has 1 heterocycles. The average molecular weight is 318 g/mol. The van der Waals surface area contributed by atoms with Crippen LogP contribution in [-0.4, -0.2) is 9.97 Å². The molecule has 0 saturated heterocycles. The number of rotatable bonds is 2. The lowest BCUT2D eigenvalue weighted by Crippen LogP contribution is -2.01. The molecule has 0 aliphatic heterocycles. The average Bonchev–Trinajstić information content (AvgIpc) is 2.30. The lowest BCUT2D eigenvalue weighted by molar-refractivity contribution is 0.632. The van der Waals surface area contributed by atoms with Crippen molar-refractivity contribution in [3.8, 4) is 0 Å². The minimum absolute atomic E-state index is 0.219. The van der Waals surface area contributed by atoms with Crippen LogP contribution in [0.2, 0.25) is 5.02 Å². The van der Waals surface area contributed by atoms with Gasteiger partial charge in [-0.15, -0.1) is 0 Å². The predicted octanol–water partition coefficient (Wildman–Crippen LogP) is 3.36. The van der Waals surface area contributed by atoms with Gasteiger partial charge >= 0.3 is 0 Å². The van der Waals surface area contributed by atoms with Crippen LogP contribution >= 0.6 is 27.5 Å². The van der Waals surface area contributed by atoms with Crippen molar-refractivity contribution in [3.05, 3.63) is 39.8 Å². The molecule has 4 nitrogen and oxygen atoms in total. The third-order valence-corrected chi connectivity index (χ3v) is 3.01. The number of hydrogen-bond donors (Lipinski definition) is 2. The van der Waals surface area contributed by atoms with Crippen molar-refractivity contribution < 1.29 is 4.39 Å². The first-order chi connectivity index (χ1) is 8.08. The molecule has 3 N–H and O–H groups in total. The molecule has 88 valence electrons. The van der Waals surface area contributed by atoms with Crippen LogP contribution in [0.3, 0.4) is 0 Å². The summed E-state index contributed by atoms with van der Waals surface area (Å²) in [5.41, 5.74) is 5.80. The number of halogens is 3. The number of anilines is 3. The van der Waals surface area contributed by atoms with Crippen molar-refractivity contribution in [1.29, 1.82) is 0 Å². The second kappa shape index (κ2) is 4.85. The van der Waals surface area contributed by atoms with Gasteiger partial charge in [-0.05, 0) is 34.1 Å². The van der Waals surface area contributed by atoms with Crippen molar-refractivity contribution in [2.75, 3.05) is 11.1 Å². The highest BCUT2D eigenvalue weighted by Gasteiger charge is 2.09. The van der Waals surface area contributed by atoms with Crippen LogP contribution in [0.1, 0.15) is 0 Å². The molecule has 2 rings (SSSR count). The van der Waals surface area contributed by atoms with E-state index in [0.717, 1.165) is 0 Å². The zero-order valence-corrected chi connectivity index (χ0v) is 10.8. The van der Waals surface area contributed by atoms with Crippen LogP contribution in [0.25, 0.3) is 0 Å². The zero-order valence-electron chi connectivity index (χ0n) is 8.42. The van der Waals surface area contributed by atoms with Gasteiger partial charge in [0.1, 0.15) is 28.3 Å². The Balaban J connectivity index is 2.38. The van der Waals surface area contributed by atoms with Crippen LogP contribution in [0.5, 0.6) is 0 Å². The van der Waals surface area contributed by atoms with Gasteiger partial charge in [0.15, 0.2) is 0 Å². The zero-order chi connectivity index (χ0) is 12.4. The number of benzene rings is 1. The Morgan fingerprint density at radius 3 is 2.88 bits per heavy atom. The van der Waals surface area contributed by atoms with Gasteiger partial charge in [0.25, 0.3) is 0 Å². The molecule has 0 spiro atoms. The highest BCUT2D eigenvalue weighted by atomic mass is 79.9. The molecule has 1 aromatic heterocycles. The number of nitrogens with two attached hydrogens (primary N) is 1. The number of nitrogen functional groups attached to an aromatic ring is 1. The van der Waals surface area contributed by atoms with Crippen LogP contribution in [-0.2, 0) is 0 Å². The summed E-state index contributed by atoms with van der Waals surface area (Å²) in [6.07, 6.45) is 1.28. The summed E-state index contributed by atoms with van der Waals surface area (Å²) in [6, 6.07) is 4.19. The molecule has 0 unspecified atom stereocenters. The number of aromatic nitrogens is 2. The molecule has 0 radical (unpaired) electrons. The standard InChI is InChI=1S/C10H7BrClFN4/c11-8-9(14)15-4-16-10(8)17-7-3-5(12)1-2-6(7)13/h1-4H,(H3,14,15,16,17). The summed E-state index contributed by atoms with van der Waals surface area (Å²) in [5.74, 6) is 0.210. The first kappa shape index (κ1) is 12.1. The fourth-order valence-electron chi connectivity index (χ4n) is 1.19. The van der Waals surface area contributed by atoms with Gasteiger partial charge < -0.3 is 11.1 Å². The maximum atomic E-state index is 13.5. The van der Waals surface area contributed by atoms with Crippen molar-refractivity contribution in [2.24, 2.45) is 0 Å². The van der Waals surface area contributed by atoms with Gasteiger partial charge in [-0.2, -0.15) is 0 Å². The topological polar surface area (TPSA) is 63.8 Å². The number of nitrogens with zero attached hydrogens (tertiary/aromatic N) is 2. The van der Waals surface area contributed by atoms with E-state index in [4.69, 9.17) is 17.3 Å². The maximum absolute atomic E-state index is 13.5.